The molecule has 1 N–H and O–H groups in total. The van der Waals surface area contributed by atoms with Gasteiger partial charge in [0.15, 0.2) is 0 Å². The first-order chi connectivity index (χ1) is 7.34. The minimum atomic E-state index is -3.39. The van der Waals surface area contributed by atoms with Gasteiger partial charge in [-0.25, -0.2) is 13.1 Å². The van der Waals surface area contributed by atoms with E-state index in [9.17, 15) is 13.2 Å². The van der Waals surface area contributed by atoms with E-state index >= 15 is 0 Å². The summed E-state index contributed by atoms with van der Waals surface area (Å²) in [6, 6.07) is -0.799. The van der Waals surface area contributed by atoms with Crippen molar-refractivity contribution >= 4 is 16.0 Å². The number of methoxy groups -OCH3 is 1. The molecular weight excluding hydrogens is 230 g/mol. The lowest BCUT2D eigenvalue weighted by Crippen LogP contribution is -2.45. The highest BCUT2D eigenvalue weighted by atomic mass is 32.2. The third-order valence-corrected chi connectivity index (χ3v) is 3.63. The highest BCUT2D eigenvalue weighted by molar-refractivity contribution is 7.89. The molecule has 0 aromatic heterocycles. The molecule has 0 fully saturated rings. The second kappa shape index (κ2) is 6.85. The summed E-state index contributed by atoms with van der Waals surface area (Å²) < 4.78 is 30.1. The molecule has 0 aliphatic rings. The summed E-state index contributed by atoms with van der Waals surface area (Å²) in [5.74, 6) is -0.636. The Bertz CT molecular complexity index is 311. The second-order valence-corrected chi connectivity index (χ2v) is 5.91. The van der Waals surface area contributed by atoms with Gasteiger partial charge >= 0.3 is 5.97 Å². The normalized spacial score (nSPS) is 13.8. The molecule has 0 aliphatic heterocycles. The Morgan fingerprint density at radius 2 is 1.94 bits per heavy atom. The van der Waals surface area contributed by atoms with E-state index in [0.717, 1.165) is 6.42 Å². The molecule has 0 saturated carbocycles. The molecule has 96 valence electrons. The number of nitrogens with one attached hydrogen (secondary N) is 1. The van der Waals surface area contributed by atoms with Crippen LogP contribution in [0.5, 0.6) is 0 Å². The lowest BCUT2D eigenvalue weighted by atomic mass is 10.1. The van der Waals surface area contributed by atoms with E-state index in [1.54, 1.807) is 13.8 Å². The third-order valence-electron chi connectivity index (χ3n) is 2.19. The summed E-state index contributed by atoms with van der Waals surface area (Å²) in [7, 11) is -2.15. The van der Waals surface area contributed by atoms with Crippen molar-refractivity contribution in [2.45, 2.75) is 39.7 Å². The van der Waals surface area contributed by atoms with E-state index in [0.29, 0.717) is 6.42 Å². The smallest absolute Gasteiger partial charge is 0.324 e. The van der Waals surface area contributed by atoms with Gasteiger partial charge in [-0.05, 0) is 12.3 Å². The van der Waals surface area contributed by atoms with E-state index in [1.807, 2.05) is 6.92 Å². The molecule has 16 heavy (non-hydrogen) atoms. The first-order valence-electron chi connectivity index (χ1n) is 5.42. The van der Waals surface area contributed by atoms with Crippen LogP contribution in [0.2, 0.25) is 0 Å². The van der Waals surface area contributed by atoms with Gasteiger partial charge < -0.3 is 4.74 Å². The van der Waals surface area contributed by atoms with Crippen molar-refractivity contribution in [1.29, 1.82) is 0 Å². The van der Waals surface area contributed by atoms with E-state index in [4.69, 9.17) is 0 Å². The summed E-state index contributed by atoms with van der Waals surface area (Å²) in [6.45, 7) is 5.45. The molecule has 0 aromatic carbocycles. The quantitative estimate of drug-likeness (QED) is 0.682. The Balaban J connectivity index is 4.57. The van der Waals surface area contributed by atoms with Gasteiger partial charge in [0.2, 0.25) is 10.0 Å². The van der Waals surface area contributed by atoms with Gasteiger partial charge in [0.05, 0.1) is 12.9 Å². The van der Waals surface area contributed by atoms with Crippen molar-refractivity contribution < 1.29 is 17.9 Å². The van der Waals surface area contributed by atoms with Gasteiger partial charge in [-0.3, -0.25) is 4.79 Å². The summed E-state index contributed by atoms with van der Waals surface area (Å²) in [4.78, 5) is 11.4. The maximum absolute atomic E-state index is 11.6. The van der Waals surface area contributed by atoms with Gasteiger partial charge in [-0.1, -0.05) is 27.2 Å². The van der Waals surface area contributed by atoms with Crippen LogP contribution in [0.3, 0.4) is 0 Å². The number of sulfonamides is 1. The number of unbranched alkanes of at least 4 members (excludes halogenated alkanes) is 1. The number of esters is 1. The van der Waals surface area contributed by atoms with Crippen molar-refractivity contribution in [1.82, 2.24) is 4.72 Å². The molecule has 5 nitrogen and oxygen atoms in total. The van der Waals surface area contributed by atoms with E-state index in [-0.39, 0.29) is 11.7 Å². The zero-order chi connectivity index (χ0) is 12.8. The van der Waals surface area contributed by atoms with Gasteiger partial charge in [0.1, 0.15) is 6.04 Å². The van der Waals surface area contributed by atoms with Crippen LogP contribution in [-0.4, -0.2) is 33.3 Å². The van der Waals surface area contributed by atoms with Crippen molar-refractivity contribution in [3.63, 3.8) is 0 Å². The van der Waals surface area contributed by atoms with Gasteiger partial charge in [0, 0.05) is 0 Å². The van der Waals surface area contributed by atoms with Crippen LogP contribution in [-0.2, 0) is 19.6 Å². The fraction of sp³-hybridized carbons (Fsp3) is 0.900. The molecule has 1 atom stereocenters. The molecule has 6 heteroatoms. The highest BCUT2D eigenvalue weighted by Gasteiger charge is 2.27. The average molecular weight is 251 g/mol. The van der Waals surface area contributed by atoms with Crippen LogP contribution in [0.1, 0.15) is 33.6 Å². The number of carbonyl (C=O) groups is 1. The second-order valence-electron chi connectivity index (χ2n) is 4.04. The predicted molar refractivity (Wildman–Crippen MR) is 62.5 cm³/mol. The Morgan fingerprint density at radius 1 is 1.38 bits per heavy atom. The molecule has 0 radical (unpaired) electrons. The minimum absolute atomic E-state index is 0.0454. The third kappa shape index (κ3) is 5.46. The number of hydrogen-bond acceptors (Lipinski definition) is 4. The van der Waals surface area contributed by atoms with Crippen LogP contribution < -0.4 is 4.72 Å². The van der Waals surface area contributed by atoms with E-state index < -0.39 is 22.0 Å². The summed E-state index contributed by atoms with van der Waals surface area (Å²) in [5.41, 5.74) is 0. The molecule has 0 amide bonds. The fourth-order valence-electron chi connectivity index (χ4n) is 1.17. The molecule has 0 aliphatic carbocycles. The van der Waals surface area contributed by atoms with E-state index in [1.165, 1.54) is 7.11 Å². The van der Waals surface area contributed by atoms with Crippen LogP contribution in [0.25, 0.3) is 0 Å². The van der Waals surface area contributed by atoms with Crippen LogP contribution in [0, 0.1) is 5.92 Å². The SMILES string of the molecule is CCCCS(=O)(=O)NC(C(=O)OC)C(C)C. The van der Waals surface area contributed by atoms with Crippen molar-refractivity contribution in [3.05, 3.63) is 0 Å². The predicted octanol–water partition coefficient (Wildman–Crippen LogP) is 0.903. The molecule has 0 rings (SSSR count). The van der Waals surface area contributed by atoms with Crippen LogP contribution in [0.4, 0.5) is 0 Å². The average Bonchev–Trinajstić information content (AvgIpc) is 2.22. The zero-order valence-electron chi connectivity index (χ0n) is 10.3. The Morgan fingerprint density at radius 3 is 2.31 bits per heavy atom. The molecule has 0 aromatic rings. The first-order valence-corrected chi connectivity index (χ1v) is 7.07. The number of ether oxygens (including phenoxy) is 1. The van der Waals surface area contributed by atoms with E-state index in [2.05, 4.69) is 9.46 Å². The van der Waals surface area contributed by atoms with Gasteiger partial charge in [-0.2, -0.15) is 0 Å². The summed E-state index contributed by atoms with van der Waals surface area (Å²) in [6.07, 6.45) is 1.38. The number of carbonyl (C=O) groups excluding carboxylic acids is 1. The van der Waals surface area contributed by atoms with Crippen molar-refractivity contribution in [2.75, 3.05) is 12.9 Å². The largest absolute Gasteiger partial charge is 0.468 e. The van der Waals surface area contributed by atoms with Crippen molar-refractivity contribution in [2.24, 2.45) is 5.92 Å². The van der Waals surface area contributed by atoms with Crippen LogP contribution >= 0.6 is 0 Å². The maximum Gasteiger partial charge on any atom is 0.324 e. The number of hydrogen-bond donors (Lipinski definition) is 1. The van der Waals surface area contributed by atoms with Gasteiger partial charge in [-0.15, -0.1) is 0 Å². The lowest BCUT2D eigenvalue weighted by molar-refractivity contribution is -0.143. The first kappa shape index (κ1) is 15.4. The molecule has 0 heterocycles. The Hall–Kier alpha value is -0.620. The Kier molecular flexibility index (Phi) is 6.59. The molecular formula is C10H21NO4S. The number of rotatable bonds is 7. The standard InChI is InChI=1S/C10H21NO4S/c1-5-6-7-16(13,14)11-9(8(2)3)10(12)15-4/h8-9,11H,5-7H2,1-4H3. The molecule has 0 spiro atoms. The summed E-state index contributed by atoms with van der Waals surface area (Å²) >= 11 is 0. The topological polar surface area (TPSA) is 72.5 Å². The molecule has 0 bridgehead atoms. The summed E-state index contributed by atoms with van der Waals surface area (Å²) in [5, 5.41) is 0. The van der Waals surface area contributed by atoms with Crippen molar-refractivity contribution in [3.8, 4) is 0 Å². The fourth-order valence-corrected chi connectivity index (χ4v) is 2.71. The highest BCUT2D eigenvalue weighted by Crippen LogP contribution is 2.06. The lowest BCUT2D eigenvalue weighted by Gasteiger charge is -2.19. The Labute approximate surface area is 97.6 Å². The molecule has 0 saturated heterocycles. The maximum atomic E-state index is 11.6. The van der Waals surface area contributed by atoms with Crippen LogP contribution in [0.15, 0.2) is 0 Å². The minimum Gasteiger partial charge on any atom is -0.468 e. The van der Waals surface area contributed by atoms with Gasteiger partial charge in [0.25, 0.3) is 0 Å². The molecule has 1 unspecified atom stereocenters. The zero-order valence-corrected chi connectivity index (χ0v) is 11.1. The monoisotopic (exact) mass is 251 g/mol.